The first-order valence-corrected chi connectivity index (χ1v) is 9.08. The molecule has 13 heteroatoms. The van der Waals surface area contributed by atoms with Crippen molar-refractivity contribution in [3.8, 4) is 0 Å². The molecule has 0 fully saturated rings. The van der Waals surface area contributed by atoms with Crippen molar-refractivity contribution in [2.75, 3.05) is 24.1 Å². The molecule has 0 aromatic heterocycles. The van der Waals surface area contributed by atoms with Crippen molar-refractivity contribution in [3.63, 3.8) is 0 Å². The predicted molar refractivity (Wildman–Crippen MR) is 109 cm³/mol. The molecule has 0 saturated carbocycles. The van der Waals surface area contributed by atoms with Gasteiger partial charge in [0.1, 0.15) is 0 Å². The monoisotopic (exact) mass is 563 g/mol. The van der Waals surface area contributed by atoms with Crippen molar-refractivity contribution in [2.45, 2.75) is 12.4 Å². The molecule has 2 aliphatic rings. The fraction of sp³-hybridized carbons (Fsp3) is 0.200. The Morgan fingerprint density at radius 1 is 0.606 bits per heavy atom. The quantitative estimate of drug-likeness (QED) is 0.291. The zero-order valence-electron chi connectivity index (χ0n) is 17.2. The summed E-state index contributed by atoms with van der Waals surface area (Å²) in [7, 11) is 3.57. The van der Waals surface area contributed by atoms with E-state index >= 15 is 0 Å². The van der Waals surface area contributed by atoms with Crippen LogP contribution < -0.4 is 10.0 Å². The third kappa shape index (κ3) is 7.14. The van der Waals surface area contributed by atoms with E-state index in [1.165, 1.54) is 34.3 Å². The fourth-order valence-electron chi connectivity index (χ4n) is 2.61. The maximum atomic E-state index is 12.3. The Morgan fingerprint density at radius 3 is 1.12 bits per heavy atom. The van der Waals surface area contributed by atoms with Gasteiger partial charge in [0.15, 0.2) is 0 Å². The largest absolute Gasteiger partial charge is 1.00 e. The maximum absolute atomic E-state index is 12.3. The molecule has 6 nitrogen and oxygen atoms in total. The smallest absolute Gasteiger partial charge is 0.493 e. The number of rotatable bonds is 2. The summed E-state index contributed by atoms with van der Waals surface area (Å²) in [5.74, 6) is 0. The van der Waals surface area contributed by atoms with Crippen LogP contribution in [-0.2, 0) is 34.7 Å². The topological polar surface area (TPSA) is 37.7 Å². The Balaban J connectivity index is 0.000000227. The van der Waals surface area contributed by atoms with Gasteiger partial charge in [-0.25, -0.2) is 0 Å². The molecule has 0 atom stereocenters. The summed E-state index contributed by atoms with van der Waals surface area (Å²) in [5, 5.41) is 11.0. The Hall–Kier alpha value is -2.70. The number of alkyl halides is 6. The second kappa shape index (κ2) is 10.5. The first-order valence-electron chi connectivity index (χ1n) is 9.08. The van der Waals surface area contributed by atoms with E-state index in [1.807, 2.05) is 0 Å². The van der Waals surface area contributed by atoms with E-state index in [0.717, 1.165) is 24.3 Å². The third-order valence-corrected chi connectivity index (χ3v) is 4.22. The van der Waals surface area contributed by atoms with E-state index in [0.29, 0.717) is 11.4 Å². The number of halogens is 6. The van der Waals surface area contributed by atoms with E-state index in [2.05, 4.69) is 10.2 Å². The van der Waals surface area contributed by atoms with Gasteiger partial charge in [-0.15, -0.1) is 13.3 Å². The van der Waals surface area contributed by atoms with Gasteiger partial charge in [-0.05, 0) is 62.6 Å². The standard InChI is InChI=1S/2C10H9F3N3.Ag/c2*1-15-6-14-16(7-15)9-4-2-8(3-5-9)10(11,12)13;/h2*2-7H,1H3;/q2*-1;+1. The van der Waals surface area contributed by atoms with Crippen molar-refractivity contribution >= 4 is 24.1 Å². The van der Waals surface area contributed by atoms with Gasteiger partial charge >= 0.3 is 34.7 Å². The van der Waals surface area contributed by atoms with Crippen LogP contribution in [0.3, 0.4) is 0 Å². The zero-order chi connectivity index (χ0) is 23.5. The molecule has 2 aliphatic heterocycles. The summed E-state index contributed by atoms with van der Waals surface area (Å²) in [6, 6.07) is 9.69. The molecule has 0 N–H and O–H groups in total. The van der Waals surface area contributed by atoms with Crippen LogP contribution in [0.5, 0.6) is 0 Å². The van der Waals surface area contributed by atoms with Crippen LogP contribution in [-0.4, -0.2) is 36.6 Å². The molecule has 2 aromatic carbocycles. The fourth-order valence-corrected chi connectivity index (χ4v) is 2.61. The summed E-state index contributed by atoms with van der Waals surface area (Å²) in [6.45, 7) is 3.34. The third-order valence-electron chi connectivity index (χ3n) is 4.22. The average molecular weight is 564 g/mol. The Bertz CT molecular complexity index is 879. The van der Waals surface area contributed by atoms with Crippen LogP contribution in [0.2, 0.25) is 0 Å². The second-order valence-corrected chi connectivity index (χ2v) is 6.80. The van der Waals surface area contributed by atoms with Gasteiger partial charge in [-0.3, -0.25) is 0 Å². The molecule has 0 aliphatic carbocycles. The zero-order valence-corrected chi connectivity index (χ0v) is 18.7. The Kier molecular flexibility index (Phi) is 8.44. The van der Waals surface area contributed by atoms with Crippen LogP contribution >= 0.6 is 0 Å². The van der Waals surface area contributed by atoms with E-state index in [4.69, 9.17) is 0 Å². The van der Waals surface area contributed by atoms with Crippen LogP contribution in [0.25, 0.3) is 0 Å². The van der Waals surface area contributed by atoms with Crippen LogP contribution in [0.15, 0.2) is 58.7 Å². The molecule has 0 unspecified atom stereocenters. The second-order valence-electron chi connectivity index (χ2n) is 6.80. The molecular formula is C20H18AgF6N6-. The van der Waals surface area contributed by atoms with Gasteiger partial charge in [-0.1, -0.05) is 0 Å². The number of hydrogen-bond donors (Lipinski definition) is 0. The minimum absolute atomic E-state index is 0. The van der Waals surface area contributed by atoms with Crippen molar-refractivity contribution in [1.29, 1.82) is 0 Å². The first-order chi connectivity index (χ1) is 14.9. The molecule has 0 amide bonds. The summed E-state index contributed by atoms with van der Waals surface area (Å²) in [4.78, 5) is 3.41. The van der Waals surface area contributed by atoms with Crippen LogP contribution in [0.4, 0.5) is 37.7 Å². The van der Waals surface area contributed by atoms with E-state index < -0.39 is 23.5 Å². The number of nitrogens with zero attached hydrogens (tertiary/aromatic N) is 6. The molecular weight excluding hydrogens is 546 g/mol. The van der Waals surface area contributed by atoms with Crippen LogP contribution in [0, 0.1) is 13.3 Å². The summed E-state index contributed by atoms with van der Waals surface area (Å²) in [5.41, 5.74) is -0.136. The van der Waals surface area contributed by atoms with E-state index in [-0.39, 0.29) is 22.4 Å². The molecule has 182 valence electrons. The van der Waals surface area contributed by atoms with E-state index in [1.54, 1.807) is 49.9 Å². The molecule has 0 spiro atoms. The number of hydrazone groups is 2. The van der Waals surface area contributed by atoms with Gasteiger partial charge in [0.2, 0.25) is 0 Å². The van der Waals surface area contributed by atoms with Gasteiger partial charge in [-0.2, -0.15) is 36.5 Å². The van der Waals surface area contributed by atoms with Gasteiger partial charge in [0, 0.05) is 11.4 Å². The molecule has 0 saturated heterocycles. The Morgan fingerprint density at radius 2 is 0.909 bits per heavy atom. The SMILES string of the molecule is CN1C=NN(c2ccc(C(F)(F)F)cc2)[CH-]1.CN1C=NN(c2ccc(C(F)(F)F)cc2)[CH-]1.[Ag+]. The molecule has 2 heterocycles. The number of anilines is 2. The minimum Gasteiger partial charge on any atom is -0.493 e. The molecule has 0 radical (unpaired) electrons. The molecule has 33 heavy (non-hydrogen) atoms. The minimum atomic E-state index is -4.30. The normalized spacial score (nSPS) is 15.5. The summed E-state index contributed by atoms with van der Waals surface area (Å²) in [6.07, 6.45) is -5.46. The first kappa shape index (κ1) is 26.6. The van der Waals surface area contributed by atoms with Crippen molar-refractivity contribution in [2.24, 2.45) is 10.2 Å². The van der Waals surface area contributed by atoms with Crippen molar-refractivity contribution < 1.29 is 48.7 Å². The summed E-state index contributed by atoms with van der Waals surface area (Å²) < 4.78 is 73.8. The predicted octanol–water partition coefficient (Wildman–Crippen LogP) is 5.04. The molecule has 4 rings (SSSR count). The van der Waals surface area contributed by atoms with Gasteiger partial charge in [0.25, 0.3) is 0 Å². The van der Waals surface area contributed by atoms with Gasteiger partial charge < -0.3 is 19.8 Å². The van der Waals surface area contributed by atoms with Gasteiger partial charge in [0.05, 0.1) is 23.8 Å². The number of hydrogen-bond acceptors (Lipinski definition) is 6. The number of benzene rings is 2. The maximum Gasteiger partial charge on any atom is 1.00 e. The molecule has 0 bridgehead atoms. The van der Waals surface area contributed by atoms with Crippen molar-refractivity contribution in [1.82, 2.24) is 9.80 Å². The van der Waals surface area contributed by atoms with E-state index in [9.17, 15) is 26.3 Å². The summed E-state index contributed by atoms with van der Waals surface area (Å²) >= 11 is 0. The van der Waals surface area contributed by atoms with Crippen molar-refractivity contribution in [3.05, 3.63) is 73.0 Å². The molecule has 2 aromatic rings. The Labute approximate surface area is 202 Å². The van der Waals surface area contributed by atoms with Crippen LogP contribution in [0.1, 0.15) is 11.1 Å². The average Bonchev–Trinajstić information content (AvgIpc) is 3.36.